The molecule has 13 heavy (non-hydrogen) atoms. The van der Waals surface area contributed by atoms with Crippen molar-refractivity contribution in [1.82, 2.24) is 0 Å². The summed E-state index contributed by atoms with van der Waals surface area (Å²) in [5, 5.41) is 10.6. The maximum Gasteiger partial charge on any atom is 0.0701 e. The van der Waals surface area contributed by atoms with Crippen molar-refractivity contribution in [2.75, 3.05) is 0 Å². The zero-order valence-corrected chi connectivity index (χ0v) is 9.34. The van der Waals surface area contributed by atoms with Crippen LogP contribution < -0.4 is 0 Å². The normalized spacial score (nSPS) is 36.5. The maximum atomic E-state index is 10.6. The minimum atomic E-state index is -0.329. The fourth-order valence-corrected chi connectivity index (χ4v) is 2.98. The van der Waals surface area contributed by atoms with Crippen LogP contribution in [0.3, 0.4) is 0 Å². The highest BCUT2D eigenvalue weighted by molar-refractivity contribution is 4.94. The Kier molecular flexibility index (Phi) is 3.78. The average molecular weight is 184 g/mol. The SMILES string of the molecule is CCCC(C)C1(O)CCCC1CC. The number of hydrogen-bond donors (Lipinski definition) is 1. The summed E-state index contributed by atoms with van der Waals surface area (Å²) in [4.78, 5) is 0. The highest BCUT2D eigenvalue weighted by Crippen LogP contribution is 2.43. The Morgan fingerprint density at radius 1 is 1.46 bits per heavy atom. The predicted molar refractivity (Wildman–Crippen MR) is 56.7 cm³/mol. The maximum absolute atomic E-state index is 10.6. The lowest BCUT2D eigenvalue weighted by Crippen LogP contribution is -2.39. The topological polar surface area (TPSA) is 20.2 Å². The van der Waals surface area contributed by atoms with Gasteiger partial charge in [0.2, 0.25) is 0 Å². The van der Waals surface area contributed by atoms with E-state index in [4.69, 9.17) is 0 Å². The van der Waals surface area contributed by atoms with Gasteiger partial charge in [0, 0.05) is 0 Å². The van der Waals surface area contributed by atoms with Crippen LogP contribution >= 0.6 is 0 Å². The van der Waals surface area contributed by atoms with E-state index in [1.165, 1.54) is 25.7 Å². The molecule has 1 aliphatic carbocycles. The van der Waals surface area contributed by atoms with Crippen molar-refractivity contribution in [2.24, 2.45) is 11.8 Å². The van der Waals surface area contributed by atoms with Crippen LogP contribution in [0, 0.1) is 11.8 Å². The van der Waals surface area contributed by atoms with Crippen LogP contribution in [0.1, 0.15) is 59.3 Å². The van der Waals surface area contributed by atoms with Gasteiger partial charge in [-0.05, 0) is 31.1 Å². The first-order valence-electron chi connectivity index (χ1n) is 5.87. The van der Waals surface area contributed by atoms with E-state index < -0.39 is 0 Å². The lowest BCUT2D eigenvalue weighted by molar-refractivity contribution is -0.0496. The third-order valence-electron chi connectivity index (χ3n) is 3.90. The highest BCUT2D eigenvalue weighted by Gasteiger charge is 2.43. The summed E-state index contributed by atoms with van der Waals surface area (Å²) in [5.41, 5.74) is -0.329. The van der Waals surface area contributed by atoms with Crippen LogP contribution in [-0.2, 0) is 0 Å². The molecule has 3 atom stereocenters. The lowest BCUT2D eigenvalue weighted by Gasteiger charge is -2.35. The molecule has 0 saturated heterocycles. The Morgan fingerprint density at radius 3 is 2.69 bits per heavy atom. The zero-order chi connectivity index (χ0) is 9.90. The van der Waals surface area contributed by atoms with Crippen LogP contribution in [0.25, 0.3) is 0 Å². The van der Waals surface area contributed by atoms with Gasteiger partial charge in [0.15, 0.2) is 0 Å². The molecule has 0 radical (unpaired) electrons. The summed E-state index contributed by atoms with van der Waals surface area (Å²) in [6.07, 6.45) is 7.01. The minimum absolute atomic E-state index is 0.329. The van der Waals surface area contributed by atoms with Gasteiger partial charge in [-0.25, -0.2) is 0 Å². The molecule has 1 heteroatoms. The quantitative estimate of drug-likeness (QED) is 0.710. The molecule has 0 heterocycles. The zero-order valence-electron chi connectivity index (χ0n) is 9.34. The predicted octanol–water partition coefficient (Wildman–Crippen LogP) is 3.36. The van der Waals surface area contributed by atoms with E-state index in [0.29, 0.717) is 11.8 Å². The first kappa shape index (κ1) is 11.0. The summed E-state index contributed by atoms with van der Waals surface area (Å²) in [5.74, 6) is 1.05. The standard InChI is InChI=1S/C12H24O/c1-4-7-10(3)12(13)9-6-8-11(12)5-2/h10-11,13H,4-9H2,1-3H3. The molecule has 0 aromatic heterocycles. The van der Waals surface area contributed by atoms with Gasteiger partial charge in [-0.1, -0.05) is 40.0 Å². The van der Waals surface area contributed by atoms with Crippen molar-refractivity contribution in [3.05, 3.63) is 0 Å². The van der Waals surface area contributed by atoms with Gasteiger partial charge in [-0.15, -0.1) is 0 Å². The summed E-state index contributed by atoms with van der Waals surface area (Å²) >= 11 is 0. The smallest absolute Gasteiger partial charge is 0.0701 e. The van der Waals surface area contributed by atoms with Crippen molar-refractivity contribution in [3.8, 4) is 0 Å². The van der Waals surface area contributed by atoms with Crippen molar-refractivity contribution in [1.29, 1.82) is 0 Å². The van der Waals surface area contributed by atoms with Gasteiger partial charge >= 0.3 is 0 Å². The molecular weight excluding hydrogens is 160 g/mol. The largest absolute Gasteiger partial charge is 0.389 e. The molecule has 0 aliphatic heterocycles. The Balaban J connectivity index is 2.61. The second kappa shape index (κ2) is 4.45. The van der Waals surface area contributed by atoms with Gasteiger partial charge in [-0.3, -0.25) is 0 Å². The fourth-order valence-electron chi connectivity index (χ4n) is 2.98. The van der Waals surface area contributed by atoms with E-state index in [1.807, 2.05) is 0 Å². The fraction of sp³-hybridized carbons (Fsp3) is 1.00. The molecule has 3 unspecified atom stereocenters. The van der Waals surface area contributed by atoms with Crippen molar-refractivity contribution < 1.29 is 5.11 Å². The summed E-state index contributed by atoms with van der Waals surface area (Å²) in [6.45, 7) is 6.63. The van der Waals surface area contributed by atoms with Gasteiger partial charge in [-0.2, -0.15) is 0 Å². The number of aliphatic hydroxyl groups is 1. The van der Waals surface area contributed by atoms with E-state index in [1.54, 1.807) is 0 Å². The lowest BCUT2D eigenvalue weighted by atomic mass is 9.77. The third-order valence-corrected chi connectivity index (χ3v) is 3.90. The third kappa shape index (κ3) is 2.07. The Labute approximate surface area is 82.5 Å². The Hall–Kier alpha value is -0.0400. The van der Waals surface area contributed by atoms with Gasteiger partial charge < -0.3 is 5.11 Å². The van der Waals surface area contributed by atoms with E-state index in [2.05, 4.69) is 20.8 Å². The second-order valence-electron chi connectivity index (χ2n) is 4.68. The second-order valence-corrected chi connectivity index (χ2v) is 4.68. The molecule has 1 saturated carbocycles. The van der Waals surface area contributed by atoms with Crippen molar-refractivity contribution in [3.63, 3.8) is 0 Å². The molecule has 1 fully saturated rings. The van der Waals surface area contributed by atoms with Crippen LogP contribution in [0.4, 0.5) is 0 Å². The molecule has 0 aromatic rings. The molecule has 1 rings (SSSR count). The van der Waals surface area contributed by atoms with Crippen LogP contribution in [-0.4, -0.2) is 10.7 Å². The van der Waals surface area contributed by atoms with E-state index in [9.17, 15) is 5.11 Å². The molecule has 0 aromatic carbocycles. The molecule has 1 N–H and O–H groups in total. The highest BCUT2D eigenvalue weighted by atomic mass is 16.3. The monoisotopic (exact) mass is 184 g/mol. The van der Waals surface area contributed by atoms with Crippen LogP contribution in [0.15, 0.2) is 0 Å². The van der Waals surface area contributed by atoms with E-state index in [-0.39, 0.29) is 5.60 Å². The molecule has 0 amide bonds. The number of hydrogen-bond acceptors (Lipinski definition) is 1. The average Bonchev–Trinajstić information content (AvgIpc) is 2.48. The van der Waals surface area contributed by atoms with Crippen LogP contribution in [0.5, 0.6) is 0 Å². The van der Waals surface area contributed by atoms with Crippen LogP contribution in [0.2, 0.25) is 0 Å². The van der Waals surface area contributed by atoms with E-state index >= 15 is 0 Å². The summed E-state index contributed by atoms with van der Waals surface area (Å²) in [7, 11) is 0. The van der Waals surface area contributed by atoms with Gasteiger partial charge in [0.05, 0.1) is 5.60 Å². The Bertz CT molecular complexity index is 155. The summed E-state index contributed by atoms with van der Waals surface area (Å²) < 4.78 is 0. The van der Waals surface area contributed by atoms with Crippen molar-refractivity contribution >= 4 is 0 Å². The van der Waals surface area contributed by atoms with E-state index in [0.717, 1.165) is 12.8 Å². The minimum Gasteiger partial charge on any atom is -0.389 e. The molecule has 1 nitrogen and oxygen atoms in total. The van der Waals surface area contributed by atoms with Gasteiger partial charge in [0.25, 0.3) is 0 Å². The molecule has 0 bridgehead atoms. The molecule has 1 aliphatic rings. The summed E-state index contributed by atoms with van der Waals surface area (Å²) in [6, 6.07) is 0. The Morgan fingerprint density at radius 2 is 2.15 bits per heavy atom. The first-order chi connectivity index (χ1) is 6.15. The van der Waals surface area contributed by atoms with Crippen molar-refractivity contribution in [2.45, 2.75) is 64.9 Å². The molecule has 0 spiro atoms. The molecule has 78 valence electrons. The number of rotatable bonds is 4. The molecular formula is C12H24O. The van der Waals surface area contributed by atoms with Gasteiger partial charge in [0.1, 0.15) is 0 Å². The first-order valence-corrected chi connectivity index (χ1v) is 5.87.